The lowest BCUT2D eigenvalue weighted by Crippen LogP contribution is -2.56. The van der Waals surface area contributed by atoms with Crippen molar-refractivity contribution in [1.29, 1.82) is 5.26 Å². The predicted molar refractivity (Wildman–Crippen MR) is 184 cm³/mol. The second-order valence-corrected chi connectivity index (χ2v) is 14.6. The Balaban J connectivity index is 1.14. The van der Waals surface area contributed by atoms with Gasteiger partial charge in [0.2, 0.25) is 0 Å². The second-order valence-electron chi connectivity index (χ2n) is 14.6. The molecular formula is C37H47N7O4. The standard InChI is InChI=1S/C37H47N7O4/c1-25-8-5-9-26-10-6-11-32(33(25)26)42-16-13-30-31(23-42)39-35(46-19-7-15-41-22-29-20-28(41)24-47-29)40-34(30)43-17-18-44(27(21-43)12-14-38)36(45)48-37(2,3)4/h5-6,8-11,27-29H,7,12-13,15-24H2,1-4H3/t27-,28-,29-/m0/s1. The molecule has 1 amide bonds. The van der Waals surface area contributed by atoms with Crippen molar-refractivity contribution in [3.63, 3.8) is 0 Å². The third-order valence-electron chi connectivity index (χ3n) is 10.0. The summed E-state index contributed by atoms with van der Waals surface area (Å²) in [6, 6.07) is 15.9. The Kier molecular flexibility index (Phi) is 9.05. The molecule has 5 heterocycles. The van der Waals surface area contributed by atoms with Gasteiger partial charge in [-0.2, -0.15) is 15.2 Å². The number of rotatable bonds is 8. The van der Waals surface area contributed by atoms with Crippen molar-refractivity contribution < 1.29 is 19.0 Å². The molecule has 3 saturated heterocycles. The van der Waals surface area contributed by atoms with E-state index in [1.54, 1.807) is 4.90 Å². The van der Waals surface area contributed by atoms with E-state index >= 15 is 0 Å². The number of anilines is 2. The number of carbonyl (C=O) groups is 1. The van der Waals surface area contributed by atoms with Crippen LogP contribution in [0.5, 0.6) is 6.01 Å². The van der Waals surface area contributed by atoms with Crippen molar-refractivity contribution in [2.45, 2.75) is 83.7 Å². The molecule has 254 valence electrons. The van der Waals surface area contributed by atoms with Gasteiger partial charge in [0.1, 0.15) is 11.4 Å². The van der Waals surface area contributed by atoms with E-state index in [4.69, 9.17) is 24.2 Å². The average molecular weight is 654 g/mol. The van der Waals surface area contributed by atoms with Gasteiger partial charge in [-0.15, -0.1) is 0 Å². The van der Waals surface area contributed by atoms with Crippen molar-refractivity contribution in [3.05, 3.63) is 53.2 Å². The van der Waals surface area contributed by atoms with Gasteiger partial charge < -0.3 is 28.9 Å². The highest BCUT2D eigenvalue weighted by atomic mass is 16.6. The maximum absolute atomic E-state index is 13.1. The summed E-state index contributed by atoms with van der Waals surface area (Å²) in [5.41, 5.74) is 3.94. The van der Waals surface area contributed by atoms with Crippen molar-refractivity contribution in [1.82, 2.24) is 19.8 Å². The molecule has 0 unspecified atom stereocenters. The van der Waals surface area contributed by atoms with Gasteiger partial charge in [0.25, 0.3) is 0 Å². The molecule has 0 radical (unpaired) electrons. The van der Waals surface area contributed by atoms with Crippen LogP contribution in [0.2, 0.25) is 0 Å². The molecule has 1 aromatic heterocycles. The first-order valence-corrected chi connectivity index (χ1v) is 17.4. The highest BCUT2D eigenvalue weighted by Crippen LogP contribution is 2.36. The van der Waals surface area contributed by atoms with E-state index in [-0.39, 0.29) is 18.6 Å². The fraction of sp³-hybridized carbons (Fsp3) is 0.568. The lowest BCUT2D eigenvalue weighted by molar-refractivity contribution is 0.0144. The van der Waals surface area contributed by atoms with Crippen LogP contribution in [-0.2, 0) is 22.4 Å². The van der Waals surface area contributed by atoms with Crippen molar-refractivity contribution in [2.24, 2.45) is 0 Å². The summed E-state index contributed by atoms with van der Waals surface area (Å²) in [6.07, 6.45) is 3.02. The molecule has 7 rings (SSSR count). The third kappa shape index (κ3) is 6.74. The lowest BCUT2D eigenvalue weighted by Gasteiger charge is -2.42. The number of piperazine rings is 1. The maximum atomic E-state index is 13.1. The number of aromatic nitrogens is 2. The quantitative estimate of drug-likeness (QED) is 0.306. The fourth-order valence-corrected chi connectivity index (χ4v) is 7.76. The number of hydrogen-bond acceptors (Lipinski definition) is 10. The lowest BCUT2D eigenvalue weighted by atomic mass is 9.99. The number of hydrogen-bond donors (Lipinski definition) is 0. The van der Waals surface area contributed by atoms with E-state index < -0.39 is 5.60 Å². The molecule has 2 aromatic carbocycles. The first kappa shape index (κ1) is 32.4. The summed E-state index contributed by atoms with van der Waals surface area (Å²) >= 11 is 0. The molecule has 3 fully saturated rings. The van der Waals surface area contributed by atoms with Crippen LogP contribution in [0, 0.1) is 18.3 Å². The summed E-state index contributed by atoms with van der Waals surface area (Å²) in [4.78, 5) is 32.0. The normalized spacial score (nSPS) is 22.6. The highest BCUT2D eigenvalue weighted by Gasteiger charge is 2.39. The van der Waals surface area contributed by atoms with Gasteiger partial charge in [-0.05, 0) is 64.0 Å². The molecule has 3 aromatic rings. The zero-order valence-corrected chi connectivity index (χ0v) is 28.7. The molecular weight excluding hydrogens is 606 g/mol. The van der Waals surface area contributed by atoms with E-state index in [0.717, 1.165) is 62.6 Å². The molecule has 4 aliphatic heterocycles. The number of nitriles is 1. The SMILES string of the molecule is Cc1cccc2cccc(N3CCc4c(nc(OCCCN5C[C@@H]6C[C@H]5CO6)nc4N4CCN(C(=O)OC(C)(C)C)[C@@H](CC#N)C4)C3)c12. The molecule has 11 heteroatoms. The topological polar surface area (TPSA) is 107 Å². The van der Waals surface area contributed by atoms with Crippen LogP contribution in [0.1, 0.15) is 56.9 Å². The average Bonchev–Trinajstić information content (AvgIpc) is 3.69. The minimum Gasteiger partial charge on any atom is -0.463 e. The van der Waals surface area contributed by atoms with E-state index in [1.807, 2.05) is 20.8 Å². The molecule has 0 saturated carbocycles. The number of likely N-dealkylation sites (tertiary alicyclic amines) is 1. The first-order valence-electron chi connectivity index (χ1n) is 17.4. The van der Waals surface area contributed by atoms with Crippen LogP contribution in [0.4, 0.5) is 16.3 Å². The molecule has 3 atom stereocenters. The van der Waals surface area contributed by atoms with Crippen LogP contribution < -0.4 is 14.5 Å². The van der Waals surface area contributed by atoms with Gasteiger partial charge in [0, 0.05) is 61.9 Å². The van der Waals surface area contributed by atoms with Gasteiger partial charge >= 0.3 is 12.1 Å². The van der Waals surface area contributed by atoms with E-state index in [1.165, 1.54) is 22.0 Å². The van der Waals surface area contributed by atoms with Gasteiger partial charge in [0.15, 0.2) is 0 Å². The molecule has 0 spiro atoms. The number of fused-ring (bicyclic) bond motifs is 4. The summed E-state index contributed by atoms with van der Waals surface area (Å²) < 4.78 is 17.8. The van der Waals surface area contributed by atoms with Crippen LogP contribution >= 0.6 is 0 Å². The smallest absolute Gasteiger partial charge is 0.410 e. The number of morpholine rings is 1. The number of ether oxygens (including phenoxy) is 3. The van der Waals surface area contributed by atoms with Crippen LogP contribution in [0.25, 0.3) is 10.8 Å². The number of nitrogens with zero attached hydrogens (tertiary/aromatic N) is 7. The Morgan fingerprint density at radius 1 is 1.08 bits per heavy atom. The van der Waals surface area contributed by atoms with Gasteiger partial charge in [0.05, 0.1) is 50.1 Å². The number of benzene rings is 2. The monoisotopic (exact) mass is 653 g/mol. The zero-order valence-electron chi connectivity index (χ0n) is 28.7. The molecule has 2 bridgehead atoms. The van der Waals surface area contributed by atoms with Crippen LogP contribution in [-0.4, -0.2) is 102 Å². The summed E-state index contributed by atoms with van der Waals surface area (Å²) in [5, 5.41) is 12.2. The van der Waals surface area contributed by atoms with Gasteiger partial charge in [-0.3, -0.25) is 4.90 Å². The van der Waals surface area contributed by atoms with Crippen LogP contribution in [0.15, 0.2) is 36.4 Å². The van der Waals surface area contributed by atoms with Crippen molar-refractivity contribution in [2.75, 3.05) is 62.3 Å². The Morgan fingerprint density at radius 2 is 1.92 bits per heavy atom. The Bertz CT molecular complexity index is 1700. The minimum atomic E-state index is -0.611. The fourth-order valence-electron chi connectivity index (χ4n) is 7.76. The summed E-state index contributed by atoms with van der Waals surface area (Å²) in [6.45, 7) is 14.1. The van der Waals surface area contributed by atoms with E-state index in [2.05, 4.69) is 64.1 Å². The zero-order chi connectivity index (χ0) is 33.4. The Morgan fingerprint density at radius 3 is 2.67 bits per heavy atom. The first-order chi connectivity index (χ1) is 23.2. The third-order valence-corrected chi connectivity index (χ3v) is 10.0. The Labute approximate surface area is 283 Å². The Hall–Kier alpha value is -4.14. The minimum absolute atomic E-state index is 0.212. The van der Waals surface area contributed by atoms with E-state index in [0.29, 0.717) is 50.9 Å². The van der Waals surface area contributed by atoms with Crippen molar-refractivity contribution in [3.8, 4) is 12.1 Å². The molecule has 48 heavy (non-hydrogen) atoms. The number of amides is 1. The van der Waals surface area contributed by atoms with Gasteiger partial charge in [-0.25, -0.2) is 4.79 Å². The summed E-state index contributed by atoms with van der Waals surface area (Å²) in [5.74, 6) is 0.851. The second kappa shape index (κ2) is 13.4. The number of carbonyl (C=O) groups excluding carboxylic acids is 1. The molecule has 0 aliphatic carbocycles. The molecule has 11 nitrogen and oxygen atoms in total. The maximum Gasteiger partial charge on any atom is 0.410 e. The molecule has 0 N–H and O–H groups in total. The highest BCUT2D eigenvalue weighted by molar-refractivity contribution is 5.97. The predicted octanol–water partition coefficient (Wildman–Crippen LogP) is 5.08. The summed E-state index contributed by atoms with van der Waals surface area (Å²) in [7, 11) is 0. The number of aryl methyl sites for hydroxylation is 1. The molecule has 4 aliphatic rings. The van der Waals surface area contributed by atoms with Crippen molar-refractivity contribution >= 4 is 28.4 Å². The van der Waals surface area contributed by atoms with Crippen LogP contribution in [0.3, 0.4) is 0 Å². The largest absolute Gasteiger partial charge is 0.463 e. The van der Waals surface area contributed by atoms with Gasteiger partial charge in [-0.1, -0.05) is 30.3 Å². The van der Waals surface area contributed by atoms with E-state index in [9.17, 15) is 10.1 Å².